The van der Waals surface area contributed by atoms with Crippen LogP contribution in [-0.2, 0) is 6.54 Å². The van der Waals surface area contributed by atoms with Crippen molar-refractivity contribution in [1.29, 1.82) is 0 Å². The molecule has 0 fully saturated rings. The van der Waals surface area contributed by atoms with Crippen LogP contribution in [0, 0.1) is 0 Å². The summed E-state index contributed by atoms with van der Waals surface area (Å²) in [5.41, 5.74) is 1.61. The Morgan fingerprint density at radius 2 is 1.81 bits per heavy atom. The number of carbonyl (C=O) groups is 1. The molecule has 1 N–H and O–H groups in total. The molecule has 0 spiro atoms. The quantitative estimate of drug-likeness (QED) is 0.373. The molecular formula is C21H22ClN3O2. The number of aryl methyl sites for hydroxylation is 1. The number of fused-ring (bicyclic) bond motifs is 1. The van der Waals surface area contributed by atoms with Gasteiger partial charge in [-0.05, 0) is 36.8 Å². The van der Waals surface area contributed by atoms with Gasteiger partial charge in [-0.1, -0.05) is 56.0 Å². The lowest BCUT2D eigenvalue weighted by molar-refractivity contribution is 0.0995. The molecule has 1 amide bonds. The molecule has 0 saturated carbocycles. The molecule has 0 atom stereocenters. The smallest absolute Gasteiger partial charge is 0.295 e. The van der Waals surface area contributed by atoms with E-state index in [1.807, 2.05) is 28.8 Å². The van der Waals surface area contributed by atoms with Gasteiger partial charge in [-0.3, -0.25) is 4.79 Å². The molecule has 0 aliphatic carbocycles. The summed E-state index contributed by atoms with van der Waals surface area (Å²) in [5.74, 6) is -0.439. The Balaban J connectivity index is 1.88. The first-order chi connectivity index (χ1) is 13.1. The Labute approximate surface area is 163 Å². The zero-order chi connectivity index (χ0) is 19.2. The van der Waals surface area contributed by atoms with E-state index in [0.29, 0.717) is 22.8 Å². The lowest BCUT2D eigenvalue weighted by atomic mass is 10.2. The number of para-hydroxylation sites is 1. The molecule has 0 radical (unpaired) electrons. The van der Waals surface area contributed by atoms with Crippen LogP contribution in [0.1, 0.15) is 43.0 Å². The predicted molar refractivity (Wildman–Crippen MR) is 108 cm³/mol. The van der Waals surface area contributed by atoms with Gasteiger partial charge in [-0.2, -0.15) is 0 Å². The van der Waals surface area contributed by atoms with Crippen LogP contribution in [0.2, 0.25) is 5.02 Å². The molecule has 3 aromatic rings. The standard InChI is InChI=1S/C21H22ClN3O2/c1-2-3-4-7-14-25-18-9-6-5-8-17(18)19(21(25)27)23-24-20(26)15-10-12-16(22)13-11-15/h5-6,8-13,27H,2-4,7,14H2,1H3. The van der Waals surface area contributed by atoms with Crippen molar-refractivity contribution in [2.45, 2.75) is 39.2 Å². The van der Waals surface area contributed by atoms with Crippen LogP contribution in [0.4, 0.5) is 5.69 Å². The van der Waals surface area contributed by atoms with Crippen LogP contribution in [0.25, 0.3) is 10.9 Å². The summed E-state index contributed by atoms with van der Waals surface area (Å²) in [6, 6.07) is 14.1. The highest BCUT2D eigenvalue weighted by atomic mass is 35.5. The molecule has 5 nitrogen and oxygen atoms in total. The third-order valence-electron chi connectivity index (χ3n) is 4.48. The lowest BCUT2D eigenvalue weighted by Crippen LogP contribution is -1.97. The number of carbonyl (C=O) groups excluding carboxylic acids is 1. The van der Waals surface area contributed by atoms with Gasteiger partial charge in [0.2, 0.25) is 5.88 Å². The number of rotatable bonds is 7. The predicted octanol–water partition coefficient (Wildman–Crippen LogP) is 6.50. The molecule has 0 aliphatic rings. The fourth-order valence-corrected chi connectivity index (χ4v) is 3.16. The van der Waals surface area contributed by atoms with E-state index in [9.17, 15) is 9.90 Å². The van der Waals surface area contributed by atoms with Crippen LogP contribution in [0.5, 0.6) is 5.88 Å². The van der Waals surface area contributed by atoms with E-state index in [1.54, 1.807) is 24.3 Å². The van der Waals surface area contributed by atoms with Crippen molar-refractivity contribution < 1.29 is 9.90 Å². The highest BCUT2D eigenvalue weighted by Gasteiger charge is 2.16. The van der Waals surface area contributed by atoms with E-state index in [2.05, 4.69) is 17.2 Å². The highest BCUT2D eigenvalue weighted by Crippen LogP contribution is 2.39. The fraction of sp³-hybridized carbons (Fsp3) is 0.286. The first-order valence-electron chi connectivity index (χ1n) is 9.13. The Bertz CT molecular complexity index is 961. The Hall–Kier alpha value is -2.66. The minimum absolute atomic E-state index is 0.0420. The summed E-state index contributed by atoms with van der Waals surface area (Å²) >= 11 is 5.84. The van der Waals surface area contributed by atoms with E-state index in [-0.39, 0.29) is 5.88 Å². The van der Waals surface area contributed by atoms with Gasteiger partial charge in [0.05, 0.1) is 5.52 Å². The van der Waals surface area contributed by atoms with Crippen molar-refractivity contribution in [1.82, 2.24) is 4.57 Å². The highest BCUT2D eigenvalue weighted by molar-refractivity contribution is 6.30. The monoisotopic (exact) mass is 383 g/mol. The van der Waals surface area contributed by atoms with Crippen molar-refractivity contribution in [2.24, 2.45) is 10.2 Å². The SMILES string of the molecule is CCCCCCn1c(O)c(N=NC(=O)c2ccc(Cl)cc2)c2ccccc21. The zero-order valence-electron chi connectivity index (χ0n) is 15.2. The minimum Gasteiger partial charge on any atom is -0.493 e. The summed E-state index contributed by atoms with van der Waals surface area (Å²) in [7, 11) is 0. The molecule has 6 heteroatoms. The molecule has 0 bridgehead atoms. The van der Waals surface area contributed by atoms with E-state index < -0.39 is 5.91 Å². The van der Waals surface area contributed by atoms with Gasteiger partial charge in [0.1, 0.15) is 0 Å². The van der Waals surface area contributed by atoms with Gasteiger partial charge in [-0.15, -0.1) is 10.2 Å². The van der Waals surface area contributed by atoms with Gasteiger partial charge in [0, 0.05) is 22.5 Å². The summed E-state index contributed by atoms with van der Waals surface area (Å²) in [4.78, 5) is 12.2. The van der Waals surface area contributed by atoms with Crippen LogP contribution in [0.15, 0.2) is 58.8 Å². The van der Waals surface area contributed by atoms with Gasteiger partial charge in [-0.25, -0.2) is 0 Å². The average Bonchev–Trinajstić information content (AvgIpc) is 2.95. The molecule has 3 rings (SSSR count). The number of amides is 1. The van der Waals surface area contributed by atoms with Crippen LogP contribution in [0.3, 0.4) is 0 Å². The normalized spacial score (nSPS) is 11.5. The molecule has 0 saturated heterocycles. The Kier molecular flexibility index (Phi) is 6.24. The van der Waals surface area contributed by atoms with Crippen molar-refractivity contribution >= 4 is 34.1 Å². The molecule has 140 valence electrons. The van der Waals surface area contributed by atoms with Crippen LogP contribution >= 0.6 is 11.6 Å². The number of hydrogen-bond donors (Lipinski definition) is 1. The number of unbranched alkanes of at least 4 members (excludes halogenated alkanes) is 3. The largest absolute Gasteiger partial charge is 0.493 e. The van der Waals surface area contributed by atoms with Crippen molar-refractivity contribution in [3.05, 3.63) is 59.1 Å². The molecular weight excluding hydrogens is 362 g/mol. The third kappa shape index (κ3) is 4.37. The summed E-state index contributed by atoms with van der Waals surface area (Å²) in [6.07, 6.45) is 4.40. The number of halogens is 1. The number of benzene rings is 2. The van der Waals surface area contributed by atoms with E-state index >= 15 is 0 Å². The molecule has 1 aromatic heterocycles. The molecule has 27 heavy (non-hydrogen) atoms. The Morgan fingerprint density at radius 1 is 1.07 bits per heavy atom. The third-order valence-corrected chi connectivity index (χ3v) is 4.74. The number of aromatic nitrogens is 1. The second-order valence-electron chi connectivity index (χ2n) is 6.41. The number of nitrogens with zero attached hydrogens (tertiary/aromatic N) is 3. The van der Waals surface area contributed by atoms with Crippen LogP contribution < -0.4 is 0 Å². The van der Waals surface area contributed by atoms with E-state index in [4.69, 9.17) is 11.6 Å². The maximum atomic E-state index is 12.2. The first-order valence-corrected chi connectivity index (χ1v) is 9.51. The maximum absolute atomic E-state index is 12.2. The van der Waals surface area contributed by atoms with Crippen molar-refractivity contribution in [2.75, 3.05) is 0 Å². The first kappa shape index (κ1) is 19.1. The van der Waals surface area contributed by atoms with Gasteiger partial charge >= 0.3 is 0 Å². The van der Waals surface area contributed by atoms with Gasteiger partial charge in [0.25, 0.3) is 5.91 Å². The number of hydrogen-bond acceptors (Lipinski definition) is 3. The second-order valence-corrected chi connectivity index (χ2v) is 6.85. The summed E-state index contributed by atoms with van der Waals surface area (Å²) < 4.78 is 1.84. The summed E-state index contributed by atoms with van der Waals surface area (Å²) in [5, 5.41) is 19.9. The van der Waals surface area contributed by atoms with Crippen molar-refractivity contribution in [3.63, 3.8) is 0 Å². The van der Waals surface area contributed by atoms with E-state index in [0.717, 1.165) is 30.2 Å². The summed E-state index contributed by atoms with van der Waals surface area (Å²) in [6.45, 7) is 2.87. The number of aromatic hydroxyl groups is 1. The average molecular weight is 384 g/mol. The zero-order valence-corrected chi connectivity index (χ0v) is 16.0. The topological polar surface area (TPSA) is 66.9 Å². The molecule has 2 aromatic carbocycles. The van der Waals surface area contributed by atoms with Crippen molar-refractivity contribution in [3.8, 4) is 5.88 Å². The minimum atomic E-state index is -0.481. The molecule has 0 unspecified atom stereocenters. The lowest BCUT2D eigenvalue weighted by Gasteiger charge is -2.06. The second kappa shape index (κ2) is 8.82. The molecule has 0 aliphatic heterocycles. The molecule has 1 heterocycles. The Morgan fingerprint density at radius 3 is 2.56 bits per heavy atom. The number of azo groups is 1. The van der Waals surface area contributed by atoms with E-state index in [1.165, 1.54) is 6.42 Å². The fourth-order valence-electron chi connectivity index (χ4n) is 3.04. The maximum Gasteiger partial charge on any atom is 0.295 e. The van der Waals surface area contributed by atoms with Crippen LogP contribution in [-0.4, -0.2) is 15.6 Å². The van der Waals surface area contributed by atoms with Gasteiger partial charge < -0.3 is 9.67 Å². The van der Waals surface area contributed by atoms with Gasteiger partial charge in [0.15, 0.2) is 5.69 Å².